The number of alkyl halides is 6. The molecule has 3 saturated heterocycles. The van der Waals surface area contributed by atoms with E-state index >= 15 is 0 Å². The number of morpholine rings is 1. The third kappa shape index (κ3) is 5.05. The summed E-state index contributed by atoms with van der Waals surface area (Å²) in [5.74, 6) is -7.63. The lowest BCUT2D eigenvalue weighted by molar-refractivity contribution is -0.293. The molecule has 0 aromatic carbocycles. The zero-order valence-electron chi connectivity index (χ0n) is 19.3. The molecular formula is C21H27F6N5O4. The molecule has 36 heavy (non-hydrogen) atoms. The number of hydrogen-bond acceptors (Lipinski definition) is 6. The summed E-state index contributed by atoms with van der Waals surface area (Å²) in [6.07, 6.45) is -9.73. The number of aliphatic carboxylic acids is 1. The number of likely N-dealkylation sites (tertiary alicyclic amines) is 1. The lowest BCUT2D eigenvalue weighted by atomic mass is 9.84. The predicted octanol–water partition coefficient (Wildman–Crippen LogP) is 1.59. The standard InChI is InChI=1S/C21H27F6N5O4/c1-2-32-16(18(33)31-3-5-36-6-4-31)11(7-28-32)8-30-9-12-13(10-30)15(19(34)35)29-14(12)17(20(22,23)24)21(25,26)27/h7,12-15,17,29H,2-6,8-10H2,1H3,(H,34,35). The second-order valence-corrected chi connectivity index (χ2v) is 9.33. The molecule has 9 nitrogen and oxygen atoms in total. The van der Waals surface area contributed by atoms with Gasteiger partial charge in [-0.1, -0.05) is 0 Å². The highest BCUT2D eigenvalue weighted by atomic mass is 19.4. The quantitative estimate of drug-likeness (QED) is 0.542. The first-order valence-electron chi connectivity index (χ1n) is 11.6. The highest BCUT2D eigenvalue weighted by Gasteiger charge is 2.66. The number of carbonyl (C=O) groups excluding carboxylic acids is 1. The van der Waals surface area contributed by atoms with Crippen molar-refractivity contribution < 1.29 is 45.8 Å². The number of aromatic nitrogens is 2. The first-order valence-corrected chi connectivity index (χ1v) is 11.6. The topological polar surface area (TPSA) is 99.9 Å². The molecular weight excluding hydrogens is 500 g/mol. The fourth-order valence-electron chi connectivity index (χ4n) is 5.63. The molecule has 1 amide bonds. The summed E-state index contributed by atoms with van der Waals surface area (Å²) in [4.78, 5) is 28.1. The van der Waals surface area contributed by atoms with Crippen LogP contribution in [0.3, 0.4) is 0 Å². The van der Waals surface area contributed by atoms with E-state index in [9.17, 15) is 41.0 Å². The molecule has 0 spiro atoms. The molecule has 4 unspecified atom stereocenters. The molecule has 3 aliphatic heterocycles. The first kappa shape index (κ1) is 26.7. The average molecular weight is 527 g/mol. The van der Waals surface area contributed by atoms with E-state index in [-0.39, 0.29) is 25.5 Å². The summed E-state index contributed by atoms with van der Waals surface area (Å²) < 4.78 is 87.6. The van der Waals surface area contributed by atoms with Gasteiger partial charge in [0.2, 0.25) is 0 Å². The Bertz CT molecular complexity index is 963. The van der Waals surface area contributed by atoms with E-state index in [0.717, 1.165) is 0 Å². The summed E-state index contributed by atoms with van der Waals surface area (Å²) in [7, 11) is 0. The van der Waals surface area contributed by atoms with Gasteiger partial charge in [-0.05, 0) is 12.8 Å². The van der Waals surface area contributed by atoms with Gasteiger partial charge >= 0.3 is 18.3 Å². The number of ether oxygens (including phenoxy) is 1. The number of carboxylic acid groups (broad SMARTS) is 1. The van der Waals surface area contributed by atoms with Crippen molar-refractivity contribution in [1.82, 2.24) is 24.9 Å². The maximum absolute atomic E-state index is 13.5. The van der Waals surface area contributed by atoms with E-state index in [1.54, 1.807) is 16.7 Å². The number of halogens is 6. The molecule has 0 aliphatic carbocycles. The molecule has 3 fully saturated rings. The largest absolute Gasteiger partial charge is 0.480 e. The molecule has 0 radical (unpaired) electrons. The number of fused-ring (bicyclic) bond motifs is 1. The van der Waals surface area contributed by atoms with Gasteiger partial charge in [-0.25, -0.2) is 0 Å². The molecule has 0 saturated carbocycles. The lowest BCUT2D eigenvalue weighted by Gasteiger charge is -2.32. The van der Waals surface area contributed by atoms with E-state index in [1.807, 2.05) is 0 Å². The minimum absolute atomic E-state index is 0.0317. The van der Waals surface area contributed by atoms with Gasteiger partial charge in [-0.2, -0.15) is 31.4 Å². The van der Waals surface area contributed by atoms with Crippen LogP contribution in [0.25, 0.3) is 0 Å². The minimum Gasteiger partial charge on any atom is -0.480 e. The number of hydrogen-bond donors (Lipinski definition) is 2. The van der Waals surface area contributed by atoms with Crippen molar-refractivity contribution in [3.05, 3.63) is 17.5 Å². The Morgan fingerprint density at radius 2 is 1.75 bits per heavy atom. The normalized spacial score (nSPS) is 27.6. The molecule has 4 heterocycles. The molecule has 3 aliphatic rings. The Hall–Kier alpha value is -2.39. The van der Waals surface area contributed by atoms with Crippen LogP contribution in [0.1, 0.15) is 23.0 Å². The van der Waals surface area contributed by atoms with Crippen molar-refractivity contribution in [2.75, 3.05) is 39.4 Å². The van der Waals surface area contributed by atoms with Crippen molar-refractivity contribution in [2.45, 2.75) is 44.4 Å². The summed E-state index contributed by atoms with van der Waals surface area (Å²) in [5, 5.41) is 15.9. The van der Waals surface area contributed by atoms with Crippen LogP contribution < -0.4 is 5.32 Å². The van der Waals surface area contributed by atoms with Gasteiger partial charge in [0.1, 0.15) is 11.7 Å². The van der Waals surface area contributed by atoms with E-state index < -0.39 is 48.2 Å². The summed E-state index contributed by atoms with van der Waals surface area (Å²) in [6.45, 7) is 3.50. The number of nitrogens with zero attached hydrogens (tertiary/aromatic N) is 4. The Morgan fingerprint density at radius 3 is 2.31 bits per heavy atom. The number of aryl methyl sites for hydroxylation is 1. The predicted molar refractivity (Wildman–Crippen MR) is 111 cm³/mol. The zero-order chi connectivity index (χ0) is 26.4. The van der Waals surface area contributed by atoms with Crippen LogP contribution >= 0.6 is 0 Å². The lowest BCUT2D eigenvalue weighted by Crippen LogP contribution is -2.53. The smallest absolute Gasteiger partial charge is 0.402 e. The number of amides is 1. The van der Waals surface area contributed by atoms with Crippen molar-refractivity contribution in [1.29, 1.82) is 0 Å². The summed E-state index contributed by atoms with van der Waals surface area (Å²) in [6, 6.07) is -3.68. The van der Waals surface area contributed by atoms with Crippen LogP contribution in [0.5, 0.6) is 0 Å². The van der Waals surface area contributed by atoms with Gasteiger partial charge in [0.05, 0.1) is 19.4 Å². The molecule has 2 N–H and O–H groups in total. The fourth-order valence-corrected chi connectivity index (χ4v) is 5.63. The molecule has 0 bridgehead atoms. The van der Waals surface area contributed by atoms with E-state index in [4.69, 9.17) is 4.74 Å². The van der Waals surface area contributed by atoms with Crippen molar-refractivity contribution in [3.63, 3.8) is 0 Å². The fraction of sp³-hybridized carbons (Fsp3) is 0.762. The zero-order valence-corrected chi connectivity index (χ0v) is 19.3. The van der Waals surface area contributed by atoms with Crippen LogP contribution in [0.15, 0.2) is 6.20 Å². The number of nitrogens with one attached hydrogen (secondary N) is 1. The maximum Gasteiger partial charge on any atom is 0.402 e. The molecule has 202 valence electrons. The van der Waals surface area contributed by atoms with Gasteiger partial charge in [0.25, 0.3) is 5.91 Å². The van der Waals surface area contributed by atoms with E-state index in [2.05, 4.69) is 10.4 Å². The number of carboxylic acids is 1. The molecule has 4 atom stereocenters. The van der Waals surface area contributed by atoms with Gasteiger partial charge < -0.3 is 20.1 Å². The van der Waals surface area contributed by atoms with Crippen LogP contribution in [-0.2, 0) is 22.6 Å². The Kier molecular flexibility index (Phi) is 7.27. The van der Waals surface area contributed by atoms with Crippen molar-refractivity contribution in [3.8, 4) is 0 Å². The molecule has 4 rings (SSSR count). The van der Waals surface area contributed by atoms with Crippen LogP contribution in [-0.4, -0.2) is 100 Å². The Morgan fingerprint density at radius 1 is 1.14 bits per heavy atom. The van der Waals surface area contributed by atoms with Gasteiger partial charge in [-0.15, -0.1) is 0 Å². The van der Waals surface area contributed by atoms with Gasteiger partial charge in [-0.3, -0.25) is 19.2 Å². The van der Waals surface area contributed by atoms with Crippen LogP contribution in [0.4, 0.5) is 26.3 Å². The van der Waals surface area contributed by atoms with Gasteiger partial charge in [0.15, 0.2) is 5.92 Å². The minimum atomic E-state index is -5.60. The highest BCUT2D eigenvalue weighted by Crippen LogP contribution is 2.48. The number of rotatable bonds is 6. The summed E-state index contributed by atoms with van der Waals surface area (Å²) in [5.41, 5.74) is 0.775. The molecule has 1 aromatic rings. The van der Waals surface area contributed by atoms with Crippen LogP contribution in [0, 0.1) is 17.8 Å². The third-order valence-corrected chi connectivity index (χ3v) is 7.19. The van der Waals surface area contributed by atoms with Crippen molar-refractivity contribution in [2.24, 2.45) is 17.8 Å². The molecule has 1 aromatic heterocycles. The average Bonchev–Trinajstić information content (AvgIpc) is 3.46. The second kappa shape index (κ2) is 9.82. The second-order valence-electron chi connectivity index (χ2n) is 9.33. The van der Waals surface area contributed by atoms with E-state index in [1.165, 1.54) is 10.9 Å². The number of carbonyl (C=O) groups is 2. The van der Waals surface area contributed by atoms with Crippen molar-refractivity contribution >= 4 is 11.9 Å². The Balaban J connectivity index is 1.58. The van der Waals surface area contributed by atoms with Gasteiger partial charge in [0, 0.05) is 56.8 Å². The summed E-state index contributed by atoms with van der Waals surface area (Å²) >= 11 is 0. The Labute approximate surface area is 202 Å². The first-order chi connectivity index (χ1) is 16.8. The third-order valence-electron chi connectivity index (χ3n) is 7.19. The molecule has 15 heteroatoms. The van der Waals surface area contributed by atoms with Crippen LogP contribution in [0.2, 0.25) is 0 Å². The maximum atomic E-state index is 13.5. The SMILES string of the molecule is CCn1ncc(CN2CC3C(C(=O)O)NC(C(C(F)(F)F)C(F)(F)F)C3C2)c1C(=O)N1CCOCC1. The highest BCUT2D eigenvalue weighted by molar-refractivity contribution is 5.94. The van der Waals surface area contributed by atoms with E-state index in [0.29, 0.717) is 44.1 Å². The monoisotopic (exact) mass is 527 g/mol.